The van der Waals surface area contributed by atoms with Crippen LogP contribution in [0.4, 0.5) is 0 Å². The van der Waals surface area contributed by atoms with Crippen molar-refractivity contribution in [1.29, 1.82) is 0 Å². The summed E-state index contributed by atoms with van der Waals surface area (Å²) in [5.41, 5.74) is 19.9. The molecule has 0 nitrogen and oxygen atoms in total. The second kappa shape index (κ2) is 44.2. The monoisotopic (exact) mass is 1600 g/mol. The normalized spacial score (nSPS) is 14.2. The van der Waals surface area contributed by atoms with E-state index in [1.807, 2.05) is 146 Å². The molecule has 0 aliphatic heterocycles. The van der Waals surface area contributed by atoms with E-state index >= 15 is 0 Å². The van der Waals surface area contributed by atoms with E-state index < -0.39 is 42.2 Å². The van der Waals surface area contributed by atoms with Crippen LogP contribution in [-0.2, 0) is 50.7 Å². The van der Waals surface area contributed by atoms with Crippen LogP contribution in [0.5, 0.6) is 0 Å². The minimum absolute atomic E-state index is 0. The maximum absolute atomic E-state index is 8.52. The standard InChI is InChI=1S/C23H24.C22H22.C18H30.2C16H18.C13H20.C10H14.CH4/c1-17-13-15-19(16-14-17)21-12-8-11-20(22(21)23(2,3)4)18-9-6-5-7-10-18;1-22(2,3)21-19(17-11-6-4-7-12-17)15-10-16-20(21)18-13-8-5-9-14-18;1-13(2)11-15-9-8-10-16(12-14(3)4)17(15)18(5,6)7;2*1-16(2,3)15-12-8-7-11-14(15)13-9-5-4-6-10-13;1-10(2)11-8-6-7-9-12(11)13(3,4)5;1-10(2,3)9-7-5-4-6-8-9;/h5-16H,1-4H3;4-16H,1-3H3;8-10,13-14H,11-12H2,1-7H3;2*4-12H,1-3H3;6-10H,1-5H3;4-8H,1-3H3;1H4/i5D,6D,7D,9D,10D,13D,14D,15D,16D;;11D2,12D2;4D,5D,6D,9D,10D;;10D;;. The smallest absolute Gasteiger partial charge is 0.0629 e. The Labute approximate surface area is 753 Å². The Morgan fingerprint density at radius 3 is 0.832 bits per heavy atom. The van der Waals surface area contributed by atoms with Crippen LogP contribution in [-0.4, -0.2) is 0 Å². The van der Waals surface area contributed by atoms with E-state index in [0.29, 0.717) is 38.8 Å². The van der Waals surface area contributed by atoms with Crippen LogP contribution < -0.4 is 0 Å². The third-order valence-electron chi connectivity index (χ3n) is 19.5. The lowest BCUT2D eigenvalue weighted by Crippen LogP contribution is -2.19. The first-order valence-corrected chi connectivity index (χ1v) is 41.7. The number of rotatable bonds is 11. The van der Waals surface area contributed by atoms with Gasteiger partial charge in [-0.1, -0.05) is 533 Å². The largest absolute Gasteiger partial charge is 0.0776 e. The quantitative estimate of drug-likeness (QED) is 0.121. The van der Waals surface area contributed by atoms with E-state index in [4.69, 9.17) is 26.0 Å². The Morgan fingerprint density at radius 1 is 0.252 bits per heavy atom. The molecule has 0 atom stereocenters. The van der Waals surface area contributed by atoms with Gasteiger partial charge in [0.25, 0.3) is 0 Å². The van der Waals surface area contributed by atoms with E-state index in [1.165, 1.54) is 62.6 Å². The lowest BCUT2D eigenvalue weighted by molar-refractivity contribution is 0.548. The van der Waals surface area contributed by atoms with Crippen LogP contribution in [0, 0.1) is 18.8 Å². The molecule has 0 heteroatoms. The molecule has 0 spiro atoms. The fraction of sp³-hybridized carbons (Fsp3) is 0.345. The molecule has 0 unspecified atom stereocenters. The highest BCUT2D eigenvalue weighted by Crippen LogP contribution is 2.43. The summed E-state index contributed by atoms with van der Waals surface area (Å²) in [6, 6.07) is 80.1. The summed E-state index contributed by atoms with van der Waals surface area (Å²) >= 11 is 0. The average molecular weight is 1600 g/mol. The number of hydrogen-bond acceptors (Lipinski definition) is 0. The van der Waals surface area contributed by atoms with Crippen LogP contribution in [0.2, 0.25) is 0 Å². The lowest BCUT2D eigenvalue weighted by atomic mass is 9.77. The molecule has 0 bridgehead atoms. The Bertz CT molecular complexity index is 5950. The molecule has 13 rings (SSSR count). The number of hydrogen-bond donors (Lipinski definition) is 0. The Kier molecular flexibility index (Phi) is 26.7. The van der Waals surface area contributed by atoms with E-state index in [-0.39, 0.29) is 135 Å². The van der Waals surface area contributed by atoms with Crippen molar-refractivity contribution in [3.05, 3.63) is 395 Å². The molecule has 13 aromatic rings. The molecule has 0 aromatic heterocycles. The average Bonchev–Trinajstić information content (AvgIpc) is 0.729. The van der Waals surface area contributed by atoms with Gasteiger partial charge < -0.3 is 0 Å². The first-order chi connectivity index (χ1) is 63.1. The second-order valence-corrected chi connectivity index (χ2v) is 38.1. The maximum atomic E-state index is 8.52. The van der Waals surface area contributed by atoms with Crippen LogP contribution in [0.25, 0.3) is 66.8 Å². The molecule has 0 fully saturated rings. The molecule has 119 heavy (non-hydrogen) atoms. The zero-order valence-electron chi connectivity index (χ0n) is 95.3. The highest BCUT2D eigenvalue weighted by molar-refractivity contribution is 5.82. The highest BCUT2D eigenvalue weighted by atomic mass is 14.3. The van der Waals surface area contributed by atoms with Gasteiger partial charge in [0, 0.05) is 6.85 Å². The summed E-state index contributed by atoms with van der Waals surface area (Å²) < 4.78 is 156. The van der Waals surface area contributed by atoms with Crippen molar-refractivity contribution in [2.75, 3.05) is 0 Å². The lowest BCUT2D eigenvalue weighted by Gasteiger charge is -2.28. The first-order valence-electron chi connectivity index (χ1n) is 51.2. The van der Waals surface area contributed by atoms with Crippen molar-refractivity contribution < 1.29 is 26.0 Å². The zero-order chi connectivity index (χ0) is 104. The van der Waals surface area contributed by atoms with Crippen molar-refractivity contribution in [3.63, 3.8) is 0 Å². The van der Waals surface area contributed by atoms with E-state index in [9.17, 15) is 0 Å². The predicted octanol–water partition coefficient (Wildman–Crippen LogP) is 35.4. The molecule has 0 heterocycles. The molecule has 0 radical (unpaired) electrons. The molecular weight excluding hydrogens is 1430 g/mol. The summed E-state index contributed by atoms with van der Waals surface area (Å²) in [5.74, 6) is -0.855. The molecule has 0 aliphatic rings. The fourth-order valence-electron chi connectivity index (χ4n) is 14.2. The van der Waals surface area contributed by atoms with Crippen LogP contribution in [0.1, 0.15) is 288 Å². The third kappa shape index (κ3) is 30.0. The third-order valence-corrected chi connectivity index (χ3v) is 19.5. The SMILES string of the molecule is C.CC(C)(C)c1c(-c2ccccc2)cccc1-c1ccccc1.CC(C)(C)c1ccccc1.CC(C)(C)c1ccccc1-c1ccccc1.[2H]C(C)(C)c1ccccc1C(C)(C)C.[2H]C([2H])(c1cccc(C([2H])([2H])C(C)C)c1C(C)(C)C)C(C)C.[2H]c1c([2H])c([2H])c(-c2cccc(-c3c([2H])c([2H])c(C)c([2H])c3[2H])c2C(C)(C)C)c([2H])c1[2H].[2H]c1c([2H])c([2H])c(-c2ccccc2C(C)(C)C)c([2H])c1[2H]. The van der Waals surface area contributed by atoms with Crippen molar-refractivity contribution in [3.8, 4) is 66.8 Å². The summed E-state index contributed by atoms with van der Waals surface area (Å²) in [5, 5.41) is 0. The minimum Gasteiger partial charge on any atom is -0.0776 e. The van der Waals surface area contributed by atoms with Gasteiger partial charge in [0.05, 0.1) is 19.2 Å². The van der Waals surface area contributed by atoms with Gasteiger partial charge in [-0.15, -0.1) is 0 Å². The zero-order valence-corrected chi connectivity index (χ0v) is 76.3. The summed E-state index contributed by atoms with van der Waals surface area (Å²) in [6.45, 7) is 57.7. The molecular formula is C119H150. The molecule has 13 aromatic carbocycles. The first kappa shape index (κ1) is 71.7. The molecule has 0 amide bonds. The van der Waals surface area contributed by atoms with E-state index in [0.717, 1.165) is 16.7 Å². The van der Waals surface area contributed by atoms with Crippen LogP contribution in [0.3, 0.4) is 0 Å². The van der Waals surface area contributed by atoms with Crippen LogP contribution in [0.15, 0.2) is 333 Å². The topological polar surface area (TPSA) is 0 Å². The summed E-state index contributed by atoms with van der Waals surface area (Å²) in [4.78, 5) is 0. The van der Waals surface area contributed by atoms with Gasteiger partial charge in [-0.25, -0.2) is 0 Å². The molecule has 0 aliphatic carbocycles. The van der Waals surface area contributed by atoms with Crippen LogP contribution >= 0.6 is 0 Å². The van der Waals surface area contributed by atoms with Gasteiger partial charge in [0.15, 0.2) is 0 Å². The van der Waals surface area contributed by atoms with Crippen molar-refractivity contribution >= 4 is 0 Å². The molecule has 0 saturated heterocycles. The van der Waals surface area contributed by atoms with Crippen molar-refractivity contribution in [2.45, 2.75) is 258 Å². The second-order valence-electron chi connectivity index (χ2n) is 38.1. The van der Waals surface area contributed by atoms with Gasteiger partial charge in [-0.3, -0.25) is 0 Å². The van der Waals surface area contributed by atoms with Gasteiger partial charge >= 0.3 is 0 Å². The van der Waals surface area contributed by atoms with E-state index in [1.54, 1.807) is 24.3 Å². The number of benzene rings is 13. The highest BCUT2D eigenvalue weighted by Gasteiger charge is 2.27. The van der Waals surface area contributed by atoms with Gasteiger partial charge in [0.1, 0.15) is 0 Å². The maximum Gasteiger partial charge on any atom is 0.0629 e. The summed E-state index contributed by atoms with van der Waals surface area (Å²) in [6.07, 6.45) is -2.96. The Morgan fingerprint density at radius 2 is 0.521 bits per heavy atom. The Hall–Kier alpha value is -10.1. The van der Waals surface area contributed by atoms with E-state index in [2.05, 4.69) is 265 Å². The van der Waals surface area contributed by atoms with Crippen molar-refractivity contribution in [2.24, 2.45) is 11.8 Å². The minimum atomic E-state index is -1.48. The summed E-state index contributed by atoms with van der Waals surface area (Å²) in [7, 11) is 0. The van der Waals surface area contributed by atoms with Gasteiger partial charge in [-0.05, 0) is 198 Å². The van der Waals surface area contributed by atoms with Gasteiger partial charge in [0.2, 0.25) is 0 Å². The molecule has 0 N–H and O–H groups in total. The molecule has 0 saturated carbocycles. The molecule has 626 valence electrons. The Balaban J connectivity index is 0.000000252. The van der Waals surface area contributed by atoms with Crippen molar-refractivity contribution in [1.82, 2.24) is 0 Å². The van der Waals surface area contributed by atoms with Gasteiger partial charge in [-0.2, -0.15) is 0 Å². The predicted molar refractivity (Wildman–Crippen MR) is 531 cm³/mol. The fourth-order valence-corrected chi connectivity index (χ4v) is 14.2.